The number of nitrogens with zero attached hydrogens (tertiary/aromatic N) is 1. The maximum atomic E-state index is 13.3. The zero-order valence-corrected chi connectivity index (χ0v) is 13.3. The normalized spacial score (nSPS) is 14.8. The molecule has 3 nitrogen and oxygen atoms in total. The van der Waals surface area contributed by atoms with Gasteiger partial charge in [0.15, 0.2) is 0 Å². The summed E-state index contributed by atoms with van der Waals surface area (Å²) in [5.41, 5.74) is 0.226. The van der Waals surface area contributed by atoms with E-state index in [1.807, 2.05) is 13.8 Å². The van der Waals surface area contributed by atoms with Crippen LogP contribution in [0.3, 0.4) is 0 Å². The highest BCUT2D eigenvalue weighted by molar-refractivity contribution is 5.51. The van der Waals surface area contributed by atoms with Crippen molar-refractivity contribution in [3.63, 3.8) is 0 Å². The third-order valence-corrected chi connectivity index (χ3v) is 4.43. The molecule has 2 N–H and O–H groups in total. The van der Waals surface area contributed by atoms with E-state index in [-0.39, 0.29) is 12.5 Å². The van der Waals surface area contributed by atoms with E-state index in [1.54, 1.807) is 18.2 Å². The molecule has 0 aliphatic heterocycles. The lowest BCUT2D eigenvalue weighted by molar-refractivity contribution is 0.0201. The van der Waals surface area contributed by atoms with Gasteiger partial charge in [0.2, 0.25) is 0 Å². The van der Waals surface area contributed by atoms with Gasteiger partial charge in [0.25, 0.3) is 0 Å². The Morgan fingerprint density at radius 3 is 2.39 bits per heavy atom. The van der Waals surface area contributed by atoms with E-state index < -0.39 is 11.4 Å². The highest BCUT2D eigenvalue weighted by Gasteiger charge is 2.40. The van der Waals surface area contributed by atoms with E-state index in [0.29, 0.717) is 28.7 Å². The second-order valence-electron chi connectivity index (χ2n) is 5.69. The predicted octanol–water partition coefficient (Wildman–Crippen LogP) is 3.47. The molecule has 0 saturated heterocycles. The number of nitriles is 1. The van der Waals surface area contributed by atoms with Gasteiger partial charge in [-0.15, -0.1) is 0 Å². The zero-order valence-electron chi connectivity index (χ0n) is 13.3. The minimum atomic E-state index is -1.48. The molecule has 0 bridgehead atoms. The molecule has 2 unspecified atom stereocenters. The highest BCUT2D eigenvalue weighted by atomic mass is 19.1. The Morgan fingerprint density at radius 2 is 1.87 bits per heavy atom. The summed E-state index contributed by atoms with van der Waals surface area (Å²) in [5.74, 6) is -0.621. The van der Waals surface area contributed by atoms with E-state index >= 15 is 0 Å². The van der Waals surface area contributed by atoms with Crippen molar-refractivity contribution in [3.8, 4) is 6.07 Å². The molecule has 2 aromatic carbocycles. The Labute approximate surface area is 135 Å². The van der Waals surface area contributed by atoms with Gasteiger partial charge in [0.05, 0.1) is 18.2 Å². The maximum Gasteiger partial charge on any atom is 0.123 e. The van der Waals surface area contributed by atoms with E-state index in [4.69, 9.17) is 0 Å². The number of hydrogen-bond donors (Lipinski definition) is 2. The molecule has 0 heterocycles. The molecule has 0 aliphatic rings. The van der Waals surface area contributed by atoms with Crippen molar-refractivity contribution in [2.24, 2.45) is 5.92 Å². The number of aliphatic hydroxyl groups is 2. The van der Waals surface area contributed by atoms with Crippen LogP contribution in [0.5, 0.6) is 0 Å². The average Bonchev–Trinajstić information content (AvgIpc) is 2.60. The first kappa shape index (κ1) is 17.1. The van der Waals surface area contributed by atoms with Gasteiger partial charge in [-0.05, 0) is 35.2 Å². The number of aliphatic hydroxyl groups excluding tert-OH is 1. The fraction of sp³-hybridized carbons (Fsp3) is 0.316. The third-order valence-electron chi connectivity index (χ3n) is 4.43. The second-order valence-corrected chi connectivity index (χ2v) is 5.69. The Balaban J connectivity index is 2.79. The van der Waals surface area contributed by atoms with E-state index in [1.165, 1.54) is 24.3 Å². The van der Waals surface area contributed by atoms with Gasteiger partial charge >= 0.3 is 0 Å². The zero-order chi connectivity index (χ0) is 17.0. The largest absolute Gasteiger partial charge is 0.392 e. The SMILES string of the molecule is CCC(C)C(O)(c1ccc(F)cc1)c1c(C#N)cccc1CO. The van der Waals surface area contributed by atoms with Crippen molar-refractivity contribution in [3.05, 3.63) is 70.5 Å². The lowest BCUT2D eigenvalue weighted by Gasteiger charge is -2.37. The van der Waals surface area contributed by atoms with Gasteiger partial charge in [0.1, 0.15) is 11.4 Å². The first-order valence-corrected chi connectivity index (χ1v) is 7.60. The first-order chi connectivity index (χ1) is 11.0. The molecule has 0 aliphatic carbocycles. The van der Waals surface area contributed by atoms with Crippen LogP contribution in [0.2, 0.25) is 0 Å². The maximum absolute atomic E-state index is 13.3. The molecule has 4 heteroatoms. The molecule has 0 fully saturated rings. The molecule has 2 rings (SSSR count). The lowest BCUT2D eigenvalue weighted by atomic mass is 9.72. The van der Waals surface area contributed by atoms with Crippen molar-refractivity contribution >= 4 is 0 Å². The van der Waals surface area contributed by atoms with Crippen molar-refractivity contribution in [1.82, 2.24) is 0 Å². The average molecular weight is 313 g/mol. The van der Waals surface area contributed by atoms with Crippen LogP contribution in [0.4, 0.5) is 4.39 Å². The highest BCUT2D eigenvalue weighted by Crippen LogP contribution is 2.41. The number of benzene rings is 2. The van der Waals surface area contributed by atoms with E-state index in [0.717, 1.165) is 0 Å². The van der Waals surface area contributed by atoms with Crippen molar-refractivity contribution < 1.29 is 14.6 Å². The van der Waals surface area contributed by atoms with Gasteiger partial charge in [-0.2, -0.15) is 5.26 Å². The van der Waals surface area contributed by atoms with Crippen LogP contribution < -0.4 is 0 Å². The van der Waals surface area contributed by atoms with Crippen molar-refractivity contribution in [2.75, 3.05) is 0 Å². The summed E-state index contributed by atoms with van der Waals surface area (Å²) in [6, 6.07) is 12.7. The summed E-state index contributed by atoms with van der Waals surface area (Å²) < 4.78 is 13.3. The fourth-order valence-electron chi connectivity index (χ4n) is 2.95. The summed E-state index contributed by atoms with van der Waals surface area (Å²) in [7, 11) is 0. The monoisotopic (exact) mass is 313 g/mol. The number of rotatable bonds is 5. The summed E-state index contributed by atoms with van der Waals surface area (Å²) in [4.78, 5) is 0. The fourth-order valence-corrected chi connectivity index (χ4v) is 2.95. The van der Waals surface area contributed by atoms with Gasteiger partial charge in [-0.1, -0.05) is 44.5 Å². The molecule has 0 radical (unpaired) electrons. The molecule has 0 amide bonds. The Hall–Kier alpha value is -2.22. The molecular formula is C19H20FNO2. The first-order valence-electron chi connectivity index (χ1n) is 7.60. The van der Waals surface area contributed by atoms with Crippen LogP contribution >= 0.6 is 0 Å². The lowest BCUT2D eigenvalue weighted by Crippen LogP contribution is -2.36. The molecule has 2 aromatic rings. The minimum absolute atomic E-state index is 0.229. The van der Waals surface area contributed by atoms with Crippen LogP contribution in [0.15, 0.2) is 42.5 Å². The van der Waals surface area contributed by atoms with Crippen molar-refractivity contribution in [1.29, 1.82) is 5.26 Å². The topological polar surface area (TPSA) is 64.2 Å². The Morgan fingerprint density at radius 1 is 1.22 bits per heavy atom. The van der Waals surface area contributed by atoms with Gasteiger partial charge in [0, 0.05) is 5.56 Å². The van der Waals surface area contributed by atoms with Crippen LogP contribution in [0.25, 0.3) is 0 Å². The molecule has 23 heavy (non-hydrogen) atoms. The predicted molar refractivity (Wildman–Crippen MR) is 85.9 cm³/mol. The molecular weight excluding hydrogens is 293 g/mol. The minimum Gasteiger partial charge on any atom is -0.392 e. The standard InChI is InChI=1S/C19H20FNO2/c1-3-13(2)19(23,16-7-9-17(20)10-8-16)18-14(11-21)5-4-6-15(18)12-22/h4-10,13,22-23H,3,12H2,1-2H3. The molecule has 120 valence electrons. The smallest absolute Gasteiger partial charge is 0.123 e. The van der Waals surface area contributed by atoms with Crippen molar-refractivity contribution in [2.45, 2.75) is 32.5 Å². The quantitative estimate of drug-likeness (QED) is 0.888. The summed E-state index contributed by atoms with van der Waals surface area (Å²) in [6.45, 7) is 3.52. The molecule has 0 aromatic heterocycles. The summed E-state index contributed by atoms with van der Waals surface area (Å²) in [6.07, 6.45) is 0.651. The second kappa shape index (κ2) is 6.91. The molecule has 2 atom stereocenters. The summed E-state index contributed by atoms with van der Waals surface area (Å²) >= 11 is 0. The number of hydrogen-bond acceptors (Lipinski definition) is 3. The Kier molecular flexibility index (Phi) is 5.15. The third kappa shape index (κ3) is 2.98. The van der Waals surface area contributed by atoms with E-state index in [9.17, 15) is 19.9 Å². The number of halogens is 1. The van der Waals surface area contributed by atoms with Gasteiger partial charge < -0.3 is 10.2 Å². The van der Waals surface area contributed by atoms with E-state index in [2.05, 4.69) is 6.07 Å². The molecule has 0 saturated carbocycles. The van der Waals surface area contributed by atoms with Gasteiger partial charge in [-0.3, -0.25) is 0 Å². The Bertz CT molecular complexity index is 721. The molecule has 0 spiro atoms. The van der Waals surface area contributed by atoms with Crippen LogP contribution in [-0.4, -0.2) is 10.2 Å². The summed E-state index contributed by atoms with van der Waals surface area (Å²) in [5, 5.41) is 30.7. The van der Waals surface area contributed by atoms with Gasteiger partial charge in [-0.25, -0.2) is 4.39 Å². The van der Waals surface area contributed by atoms with Crippen LogP contribution in [0.1, 0.15) is 42.5 Å². The van der Waals surface area contributed by atoms with Crippen LogP contribution in [-0.2, 0) is 12.2 Å². The van der Waals surface area contributed by atoms with Crippen LogP contribution in [0, 0.1) is 23.1 Å².